The van der Waals surface area contributed by atoms with Gasteiger partial charge in [-0.25, -0.2) is 4.98 Å². The minimum atomic E-state index is -0.568. The van der Waals surface area contributed by atoms with Gasteiger partial charge in [0, 0.05) is 28.9 Å². The summed E-state index contributed by atoms with van der Waals surface area (Å²) in [6, 6.07) is 14.7. The van der Waals surface area contributed by atoms with Gasteiger partial charge in [-0.3, -0.25) is 9.59 Å². The number of hydrogen-bond donors (Lipinski definition) is 4. The first kappa shape index (κ1) is 28.9. The maximum Gasteiger partial charge on any atom is 0.293 e. The van der Waals surface area contributed by atoms with Crippen molar-refractivity contribution in [1.82, 2.24) is 20.2 Å². The van der Waals surface area contributed by atoms with Gasteiger partial charge in [0.2, 0.25) is 5.75 Å². The lowest BCUT2D eigenvalue weighted by Crippen LogP contribution is -2.29. The molecule has 0 aliphatic heterocycles. The van der Waals surface area contributed by atoms with E-state index in [0.29, 0.717) is 12.1 Å². The Bertz CT molecular complexity index is 1240. The Morgan fingerprint density at radius 2 is 1.62 bits per heavy atom. The summed E-state index contributed by atoms with van der Waals surface area (Å²) in [6.07, 6.45) is 2.18. The molecule has 1 heterocycles. The summed E-state index contributed by atoms with van der Waals surface area (Å²) >= 11 is 0. The van der Waals surface area contributed by atoms with Gasteiger partial charge in [-0.1, -0.05) is 25.7 Å². The van der Waals surface area contributed by atoms with E-state index in [4.69, 9.17) is 0 Å². The van der Waals surface area contributed by atoms with Crippen molar-refractivity contribution >= 4 is 11.6 Å². The van der Waals surface area contributed by atoms with Crippen molar-refractivity contribution in [2.75, 3.05) is 31.5 Å². The number of hydrogen-bond acceptors (Lipinski definition) is 6. The maximum absolute atomic E-state index is 12.3. The third kappa shape index (κ3) is 9.32. The van der Waals surface area contributed by atoms with Gasteiger partial charge in [0.05, 0.1) is 12.9 Å². The molecule has 0 radical (unpaired) electrons. The summed E-state index contributed by atoms with van der Waals surface area (Å²) < 4.78 is 0. The first-order valence-corrected chi connectivity index (χ1v) is 12.2. The van der Waals surface area contributed by atoms with Crippen molar-refractivity contribution < 1.29 is 9.90 Å². The lowest BCUT2D eigenvalue weighted by atomic mass is 10.1. The van der Waals surface area contributed by atoms with Gasteiger partial charge in [-0.2, -0.15) is 0 Å². The number of nitrogens with zero attached hydrogens (tertiary/aromatic N) is 2. The zero-order valence-electron chi connectivity index (χ0n) is 21.5. The van der Waals surface area contributed by atoms with Crippen molar-refractivity contribution in [3.63, 3.8) is 0 Å². The highest BCUT2D eigenvalue weighted by Crippen LogP contribution is 2.13. The summed E-state index contributed by atoms with van der Waals surface area (Å²) in [5, 5.41) is 15.8. The van der Waals surface area contributed by atoms with E-state index >= 15 is 0 Å². The van der Waals surface area contributed by atoms with Crippen LogP contribution in [-0.2, 0) is 6.54 Å². The topological polar surface area (TPSA) is 110 Å². The Labute approximate surface area is 218 Å². The number of aromatic hydroxyl groups is 1. The van der Waals surface area contributed by atoms with Gasteiger partial charge in [0.1, 0.15) is 5.69 Å². The SMILES string of the molecule is C=C.CCN(CC)CCCNC(=O)c1ccc(C#Cc2ccc(NCc3nc[nH]c(=O)c3O)cc2)cc1. The lowest BCUT2D eigenvalue weighted by molar-refractivity contribution is 0.0952. The predicted molar refractivity (Wildman–Crippen MR) is 149 cm³/mol. The molecule has 2 aromatic carbocycles. The highest BCUT2D eigenvalue weighted by molar-refractivity contribution is 5.94. The third-order valence-corrected chi connectivity index (χ3v) is 5.58. The van der Waals surface area contributed by atoms with Crippen molar-refractivity contribution in [1.29, 1.82) is 0 Å². The second-order valence-electron chi connectivity index (χ2n) is 7.92. The molecule has 1 amide bonds. The smallest absolute Gasteiger partial charge is 0.293 e. The number of aromatic amines is 1. The Kier molecular flexibility index (Phi) is 12.2. The Hall–Kier alpha value is -4.35. The third-order valence-electron chi connectivity index (χ3n) is 5.58. The molecule has 0 aliphatic carbocycles. The van der Waals surface area contributed by atoms with Crippen LogP contribution in [-0.4, -0.2) is 52.1 Å². The number of amides is 1. The molecule has 3 rings (SSSR count). The fraction of sp³-hybridized carbons (Fsp3) is 0.276. The zero-order valence-corrected chi connectivity index (χ0v) is 21.5. The largest absolute Gasteiger partial charge is 0.502 e. The summed E-state index contributed by atoms with van der Waals surface area (Å²) in [5.41, 5.74) is 2.79. The lowest BCUT2D eigenvalue weighted by Gasteiger charge is -2.17. The normalized spacial score (nSPS) is 10.0. The Morgan fingerprint density at radius 3 is 2.22 bits per heavy atom. The summed E-state index contributed by atoms with van der Waals surface area (Å²) in [4.78, 5) is 32.4. The van der Waals surface area contributed by atoms with Crippen LogP contribution in [0.4, 0.5) is 5.69 Å². The number of aromatic nitrogens is 2. The van der Waals surface area contributed by atoms with E-state index in [1.165, 1.54) is 6.33 Å². The van der Waals surface area contributed by atoms with Gasteiger partial charge >= 0.3 is 0 Å². The van der Waals surface area contributed by atoms with Gasteiger partial charge in [0.15, 0.2) is 0 Å². The molecule has 4 N–H and O–H groups in total. The molecule has 1 aromatic heterocycles. The first-order chi connectivity index (χ1) is 18.0. The van der Waals surface area contributed by atoms with Crippen LogP contribution in [0.2, 0.25) is 0 Å². The van der Waals surface area contributed by atoms with E-state index in [1.54, 1.807) is 12.1 Å². The highest BCUT2D eigenvalue weighted by atomic mass is 16.3. The van der Waals surface area contributed by atoms with Crippen LogP contribution in [0.25, 0.3) is 0 Å². The van der Waals surface area contributed by atoms with E-state index in [1.807, 2.05) is 36.4 Å². The average Bonchev–Trinajstić information content (AvgIpc) is 2.94. The fourth-order valence-electron chi connectivity index (χ4n) is 3.41. The number of anilines is 1. The molecule has 0 fully saturated rings. The molecule has 0 saturated heterocycles. The van der Waals surface area contributed by atoms with Gasteiger partial charge in [-0.15, -0.1) is 13.2 Å². The van der Waals surface area contributed by atoms with E-state index in [9.17, 15) is 14.7 Å². The quantitative estimate of drug-likeness (QED) is 0.191. The summed E-state index contributed by atoms with van der Waals surface area (Å²) in [7, 11) is 0. The Morgan fingerprint density at radius 1 is 1.03 bits per heavy atom. The maximum atomic E-state index is 12.3. The molecular weight excluding hydrogens is 466 g/mol. The van der Waals surface area contributed by atoms with Gasteiger partial charge < -0.3 is 25.6 Å². The molecule has 0 spiro atoms. The molecule has 0 unspecified atom stereocenters. The molecule has 194 valence electrons. The standard InChI is InChI=1S/C27H31N5O3.C2H4/c1-3-32(4-2)17-5-16-28-26(34)22-12-8-20(9-13-22)6-7-21-10-14-23(15-11-21)29-18-24-25(33)27(35)31-19-30-24;1-2/h8-15,19,29,33H,3-5,16-18H2,1-2H3,(H,28,34)(H,30,31,35);1-2H2. The predicted octanol–water partition coefficient (Wildman–Crippen LogP) is 3.75. The van der Waals surface area contributed by atoms with Gasteiger partial charge in [-0.05, 0) is 74.6 Å². The first-order valence-electron chi connectivity index (χ1n) is 12.2. The molecule has 8 nitrogen and oxygen atoms in total. The van der Waals surface area contributed by atoms with Crippen molar-refractivity contribution in [2.24, 2.45) is 0 Å². The number of benzene rings is 2. The van der Waals surface area contributed by atoms with Gasteiger partial charge in [0.25, 0.3) is 11.5 Å². The summed E-state index contributed by atoms with van der Waals surface area (Å²) in [5.74, 6) is 5.76. The molecule has 3 aromatic rings. The van der Waals surface area contributed by atoms with E-state index < -0.39 is 5.56 Å². The van der Waals surface area contributed by atoms with Crippen LogP contribution in [0.3, 0.4) is 0 Å². The van der Waals surface area contributed by atoms with Crippen LogP contribution < -0.4 is 16.2 Å². The molecule has 0 aliphatic rings. The average molecular weight is 502 g/mol. The molecule has 0 bridgehead atoms. The van der Waals surface area contributed by atoms with E-state index in [-0.39, 0.29) is 23.9 Å². The van der Waals surface area contributed by atoms with Crippen LogP contribution in [0, 0.1) is 11.8 Å². The molecular formula is C29H35N5O3. The molecule has 0 atom stereocenters. The number of nitrogens with one attached hydrogen (secondary N) is 3. The van der Waals surface area contributed by atoms with Crippen LogP contribution in [0.5, 0.6) is 5.75 Å². The molecule has 37 heavy (non-hydrogen) atoms. The monoisotopic (exact) mass is 501 g/mol. The van der Waals surface area contributed by atoms with Crippen molar-refractivity contribution in [3.05, 3.63) is 101 Å². The number of carbonyl (C=O) groups is 1. The van der Waals surface area contributed by atoms with Crippen molar-refractivity contribution in [2.45, 2.75) is 26.8 Å². The van der Waals surface area contributed by atoms with Crippen LogP contribution in [0.1, 0.15) is 47.4 Å². The minimum Gasteiger partial charge on any atom is -0.502 e. The van der Waals surface area contributed by atoms with E-state index in [2.05, 4.69) is 64.3 Å². The highest BCUT2D eigenvalue weighted by Gasteiger charge is 2.07. The number of H-pyrrole nitrogens is 1. The van der Waals surface area contributed by atoms with E-state index in [0.717, 1.165) is 42.9 Å². The van der Waals surface area contributed by atoms with Crippen molar-refractivity contribution in [3.8, 4) is 17.6 Å². The summed E-state index contributed by atoms with van der Waals surface area (Å²) in [6.45, 7) is 14.2. The minimum absolute atomic E-state index is 0.0734. The Balaban J connectivity index is 0.00000235. The number of carbonyl (C=O) groups excluding carboxylic acids is 1. The zero-order chi connectivity index (χ0) is 27.0. The number of rotatable bonds is 10. The van der Waals surface area contributed by atoms with Crippen LogP contribution >= 0.6 is 0 Å². The second kappa shape index (κ2) is 15.6. The van der Waals surface area contributed by atoms with Crippen LogP contribution in [0.15, 0.2) is 72.8 Å². The fourth-order valence-corrected chi connectivity index (χ4v) is 3.41. The molecule has 8 heteroatoms. The molecule has 0 saturated carbocycles. The second-order valence-corrected chi connectivity index (χ2v) is 7.92.